The zero-order chi connectivity index (χ0) is 28.7. The molecule has 2 saturated heterocycles. The van der Waals surface area contributed by atoms with Crippen LogP contribution >= 0.6 is 22.9 Å². The highest BCUT2D eigenvalue weighted by Crippen LogP contribution is 2.33. The second-order valence-electron chi connectivity index (χ2n) is 9.51. The Bertz CT molecular complexity index is 1360. The molecule has 1 unspecified atom stereocenters. The SMILES string of the molecule is CC(C)N1C(=O)C(CNC(=O)[C@@H]2CCCN2S(=O)(=O)c2ccc(Cl)s2)CN(c2ccc(C(F)(F)F)cc2)C1=O. The monoisotopic (exact) mass is 606 g/mol. The summed E-state index contributed by atoms with van der Waals surface area (Å²) in [7, 11) is -3.95. The van der Waals surface area contributed by atoms with Crippen molar-refractivity contribution in [1.82, 2.24) is 14.5 Å². The minimum atomic E-state index is -4.55. The van der Waals surface area contributed by atoms with Gasteiger partial charge in [-0.2, -0.15) is 17.5 Å². The molecular formula is C24H26ClF3N4O5S2. The van der Waals surface area contributed by atoms with E-state index >= 15 is 0 Å². The topological polar surface area (TPSA) is 107 Å². The number of anilines is 1. The van der Waals surface area contributed by atoms with Crippen molar-refractivity contribution >= 4 is 56.5 Å². The lowest BCUT2D eigenvalue weighted by atomic mass is 10.0. The number of nitrogens with zero attached hydrogens (tertiary/aromatic N) is 3. The van der Waals surface area contributed by atoms with E-state index in [9.17, 15) is 36.0 Å². The summed E-state index contributed by atoms with van der Waals surface area (Å²) in [4.78, 5) is 41.5. The molecule has 0 radical (unpaired) electrons. The largest absolute Gasteiger partial charge is 0.416 e. The number of rotatable bonds is 7. The minimum Gasteiger partial charge on any atom is -0.354 e. The number of sulfonamides is 1. The summed E-state index contributed by atoms with van der Waals surface area (Å²) in [5.74, 6) is -2.03. The van der Waals surface area contributed by atoms with E-state index < -0.39 is 57.6 Å². The average molecular weight is 607 g/mol. The summed E-state index contributed by atoms with van der Waals surface area (Å²) in [5, 5.41) is 2.66. The Kier molecular flexibility index (Phi) is 8.31. The smallest absolute Gasteiger partial charge is 0.354 e. The lowest BCUT2D eigenvalue weighted by Crippen LogP contribution is -2.61. The first-order valence-corrected chi connectivity index (χ1v) is 14.7. The number of alkyl halides is 3. The number of benzene rings is 1. The molecule has 2 aromatic rings. The Balaban J connectivity index is 1.50. The van der Waals surface area contributed by atoms with Crippen LogP contribution in [0.2, 0.25) is 4.34 Å². The molecule has 212 valence electrons. The van der Waals surface area contributed by atoms with Gasteiger partial charge in [0.1, 0.15) is 10.3 Å². The Morgan fingerprint density at radius 1 is 1.15 bits per heavy atom. The first-order valence-electron chi connectivity index (χ1n) is 12.1. The normalized spacial score (nSPS) is 21.2. The van der Waals surface area contributed by atoms with Gasteiger partial charge < -0.3 is 5.32 Å². The van der Waals surface area contributed by atoms with Crippen LogP contribution in [0.5, 0.6) is 0 Å². The molecule has 1 aromatic carbocycles. The Morgan fingerprint density at radius 2 is 1.82 bits per heavy atom. The molecule has 2 atom stereocenters. The predicted octanol–water partition coefficient (Wildman–Crippen LogP) is 4.18. The van der Waals surface area contributed by atoms with Crippen LogP contribution in [-0.4, -0.2) is 67.2 Å². The fraction of sp³-hybridized carbons (Fsp3) is 0.458. The van der Waals surface area contributed by atoms with Gasteiger partial charge in [0.05, 0.1) is 15.8 Å². The lowest BCUT2D eigenvalue weighted by molar-refractivity contribution is -0.137. The van der Waals surface area contributed by atoms with Gasteiger partial charge in [-0.25, -0.2) is 13.2 Å². The summed E-state index contributed by atoms with van der Waals surface area (Å²) in [6, 6.07) is 4.65. The van der Waals surface area contributed by atoms with Crippen molar-refractivity contribution < 1.29 is 36.0 Å². The molecule has 0 bridgehead atoms. The van der Waals surface area contributed by atoms with Crippen molar-refractivity contribution in [2.24, 2.45) is 5.92 Å². The Hall–Kier alpha value is -2.68. The van der Waals surface area contributed by atoms with Gasteiger partial charge in [0, 0.05) is 31.4 Å². The van der Waals surface area contributed by atoms with Crippen LogP contribution in [0.4, 0.5) is 23.7 Å². The molecule has 0 aliphatic carbocycles. The van der Waals surface area contributed by atoms with Crippen molar-refractivity contribution in [3.63, 3.8) is 0 Å². The lowest BCUT2D eigenvalue weighted by Gasteiger charge is -2.40. The molecule has 3 heterocycles. The maximum absolute atomic E-state index is 13.1. The molecule has 9 nitrogen and oxygen atoms in total. The summed E-state index contributed by atoms with van der Waals surface area (Å²) >= 11 is 6.78. The molecule has 1 N–H and O–H groups in total. The van der Waals surface area contributed by atoms with Crippen LogP contribution in [0.25, 0.3) is 0 Å². The molecule has 2 aliphatic heterocycles. The minimum absolute atomic E-state index is 0.0212. The van der Waals surface area contributed by atoms with E-state index in [4.69, 9.17) is 11.6 Å². The number of halogens is 4. The van der Waals surface area contributed by atoms with Crippen LogP contribution in [0.3, 0.4) is 0 Å². The summed E-state index contributed by atoms with van der Waals surface area (Å²) in [6.45, 7) is 3.03. The quantitative estimate of drug-likeness (QED) is 0.509. The fourth-order valence-electron chi connectivity index (χ4n) is 4.65. The number of nitrogens with one attached hydrogen (secondary N) is 1. The van der Waals surface area contributed by atoms with Gasteiger partial charge in [-0.1, -0.05) is 11.6 Å². The highest BCUT2D eigenvalue weighted by Gasteiger charge is 2.43. The number of hydrogen-bond donors (Lipinski definition) is 1. The van der Waals surface area contributed by atoms with E-state index in [1.165, 1.54) is 17.0 Å². The number of urea groups is 1. The van der Waals surface area contributed by atoms with E-state index in [2.05, 4.69) is 5.32 Å². The number of carbonyl (C=O) groups excluding carboxylic acids is 3. The van der Waals surface area contributed by atoms with Crippen molar-refractivity contribution in [1.29, 1.82) is 0 Å². The van der Waals surface area contributed by atoms with Crippen molar-refractivity contribution in [2.45, 2.75) is 49.2 Å². The number of carbonyl (C=O) groups is 3. The summed E-state index contributed by atoms with van der Waals surface area (Å²) < 4.78 is 66.6. The van der Waals surface area contributed by atoms with Gasteiger partial charge >= 0.3 is 12.2 Å². The zero-order valence-corrected chi connectivity index (χ0v) is 23.3. The highest BCUT2D eigenvalue weighted by atomic mass is 35.5. The van der Waals surface area contributed by atoms with Crippen LogP contribution in [-0.2, 0) is 25.8 Å². The summed E-state index contributed by atoms with van der Waals surface area (Å²) in [6.07, 6.45) is -3.79. The highest BCUT2D eigenvalue weighted by molar-refractivity contribution is 7.91. The molecule has 0 spiro atoms. The maximum atomic E-state index is 13.1. The molecule has 2 fully saturated rings. The molecule has 4 amide bonds. The summed E-state index contributed by atoms with van der Waals surface area (Å²) in [5.41, 5.74) is -0.706. The van der Waals surface area contributed by atoms with Gasteiger partial charge in [-0.15, -0.1) is 11.3 Å². The van der Waals surface area contributed by atoms with Crippen molar-refractivity contribution in [3.8, 4) is 0 Å². The molecule has 1 aromatic heterocycles. The third-order valence-corrected chi connectivity index (χ3v) is 10.2. The third kappa shape index (κ3) is 5.93. The van der Waals surface area contributed by atoms with Gasteiger partial charge in [0.2, 0.25) is 11.8 Å². The van der Waals surface area contributed by atoms with Crippen LogP contribution in [0.1, 0.15) is 32.3 Å². The molecule has 0 saturated carbocycles. The first kappa shape index (κ1) is 29.3. The van der Waals surface area contributed by atoms with Crippen LogP contribution in [0.15, 0.2) is 40.6 Å². The van der Waals surface area contributed by atoms with Gasteiger partial charge in [-0.3, -0.25) is 19.4 Å². The van der Waals surface area contributed by atoms with Gasteiger partial charge in [0.15, 0.2) is 0 Å². The standard InChI is InChI=1S/C24H26ClF3N4O5S2/c1-14(2)32-22(34)15(13-30(23(32)35)17-7-5-16(6-8-17)24(26,27)28)12-29-21(33)18-4-3-11-31(18)39(36,37)20-10-9-19(25)38-20/h5-10,14-15,18H,3-4,11-13H2,1-2H3,(H,29,33)/t15?,18-/m0/s1. The molecule has 39 heavy (non-hydrogen) atoms. The van der Waals surface area contributed by atoms with E-state index in [1.807, 2.05) is 0 Å². The third-order valence-electron chi connectivity index (χ3n) is 6.59. The number of imide groups is 1. The first-order chi connectivity index (χ1) is 18.2. The average Bonchev–Trinajstić information content (AvgIpc) is 3.53. The molecular weight excluding hydrogens is 581 g/mol. The van der Waals surface area contributed by atoms with E-state index in [1.54, 1.807) is 13.8 Å². The number of amides is 4. The van der Waals surface area contributed by atoms with E-state index in [0.717, 1.165) is 44.8 Å². The van der Waals surface area contributed by atoms with Gasteiger partial charge in [0.25, 0.3) is 10.0 Å². The van der Waals surface area contributed by atoms with Gasteiger partial charge in [-0.05, 0) is 63.1 Å². The number of hydrogen-bond acceptors (Lipinski definition) is 6. The van der Waals surface area contributed by atoms with Crippen LogP contribution < -0.4 is 10.2 Å². The Morgan fingerprint density at radius 3 is 2.38 bits per heavy atom. The van der Waals surface area contributed by atoms with Crippen molar-refractivity contribution in [2.75, 3.05) is 24.5 Å². The number of thiophene rings is 1. The van der Waals surface area contributed by atoms with Crippen LogP contribution in [0, 0.1) is 5.92 Å². The fourth-order valence-corrected chi connectivity index (χ4v) is 7.92. The Labute approximate surface area is 232 Å². The van der Waals surface area contributed by atoms with E-state index in [0.29, 0.717) is 10.8 Å². The van der Waals surface area contributed by atoms with E-state index in [-0.39, 0.29) is 36.0 Å². The maximum Gasteiger partial charge on any atom is 0.416 e. The molecule has 15 heteroatoms. The molecule has 2 aliphatic rings. The predicted molar refractivity (Wildman–Crippen MR) is 139 cm³/mol. The van der Waals surface area contributed by atoms with Crippen molar-refractivity contribution in [3.05, 3.63) is 46.3 Å². The zero-order valence-electron chi connectivity index (χ0n) is 20.9. The molecule has 4 rings (SSSR count). The second-order valence-corrected chi connectivity index (χ2v) is 13.3. The second kappa shape index (κ2) is 11.1.